The number of alkyl carbamates (subject to hydrolysis) is 1. The standard InChI is InChI=1S/C23H28N4O4/c1-27(2)22(24)25-13-7-12-20(21(28)29)26-23(30)31-14-19-17-10-5-3-8-15(17)16-9-4-6-11-18(16)19/h3-6,8-11,19-20H,7,12-14H2,1-2H3,(H2,24,25)(H,26,30)(H,28,29). The van der Waals surface area contributed by atoms with Crippen LogP contribution in [0.3, 0.4) is 0 Å². The number of guanidine groups is 1. The first-order valence-corrected chi connectivity index (χ1v) is 10.2. The highest BCUT2D eigenvalue weighted by molar-refractivity contribution is 5.81. The van der Waals surface area contributed by atoms with E-state index in [1.54, 1.807) is 19.0 Å². The molecule has 0 spiro atoms. The van der Waals surface area contributed by atoms with Crippen LogP contribution in [0.5, 0.6) is 0 Å². The van der Waals surface area contributed by atoms with Crippen LogP contribution in [0.25, 0.3) is 11.1 Å². The Morgan fingerprint density at radius 3 is 2.26 bits per heavy atom. The maximum absolute atomic E-state index is 12.3. The molecular weight excluding hydrogens is 396 g/mol. The number of carboxylic acid groups (broad SMARTS) is 1. The van der Waals surface area contributed by atoms with Gasteiger partial charge in [-0.25, -0.2) is 9.59 Å². The van der Waals surface area contributed by atoms with Gasteiger partial charge in [-0.1, -0.05) is 48.5 Å². The third-order valence-corrected chi connectivity index (χ3v) is 5.32. The lowest BCUT2D eigenvalue weighted by Gasteiger charge is -2.17. The minimum atomic E-state index is -1.11. The molecule has 1 amide bonds. The predicted molar refractivity (Wildman–Crippen MR) is 119 cm³/mol. The molecule has 0 heterocycles. The van der Waals surface area contributed by atoms with Crippen LogP contribution in [-0.2, 0) is 9.53 Å². The summed E-state index contributed by atoms with van der Waals surface area (Å²) in [6, 6.07) is 15.0. The highest BCUT2D eigenvalue weighted by atomic mass is 16.5. The zero-order valence-corrected chi connectivity index (χ0v) is 17.7. The quantitative estimate of drug-likeness (QED) is 0.341. The molecular formula is C23H28N4O4. The Morgan fingerprint density at radius 1 is 1.13 bits per heavy atom. The summed E-state index contributed by atoms with van der Waals surface area (Å²) in [5.74, 6) is -0.820. The Labute approximate surface area is 181 Å². The van der Waals surface area contributed by atoms with Crippen molar-refractivity contribution in [2.75, 3.05) is 27.2 Å². The summed E-state index contributed by atoms with van der Waals surface area (Å²) in [5.41, 5.74) is 10.2. The fourth-order valence-corrected chi connectivity index (χ4v) is 3.67. The predicted octanol–water partition coefficient (Wildman–Crippen LogP) is 2.63. The van der Waals surface area contributed by atoms with Gasteiger partial charge in [-0.2, -0.15) is 0 Å². The molecule has 8 nitrogen and oxygen atoms in total. The topological polar surface area (TPSA) is 117 Å². The monoisotopic (exact) mass is 424 g/mol. The number of nitrogens with two attached hydrogens (primary N) is 1. The summed E-state index contributed by atoms with van der Waals surface area (Å²) in [7, 11) is 3.55. The summed E-state index contributed by atoms with van der Waals surface area (Å²) in [5, 5.41) is 11.9. The highest BCUT2D eigenvalue weighted by Crippen LogP contribution is 2.44. The molecule has 0 saturated carbocycles. The second-order valence-corrected chi connectivity index (χ2v) is 7.64. The number of aliphatic carboxylic acids is 1. The van der Waals surface area contributed by atoms with Gasteiger partial charge >= 0.3 is 12.1 Å². The van der Waals surface area contributed by atoms with Crippen LogP contribution in [0.4, 0.5) is 4.79 Å². The van der Waals surface area contributed by atoms with Gasteiger partial charge in [0.05, 0.1) is 0 Å². The van der Waals surface area contributed by atoms with Gasteiger partial charge in [0, 0.05) is 26.6 Å². The number of carbonyl (C=O) groups excluding carboxylic acids is 1. The molecule has 0 fully saturated rings. The van der Waals surface area contributed by atoms with Crippen molar-refractivity contribution in [3.8, 4) is 11.1 Å². The highest BCUT2D eigenvalue weighted by Gasteiger charge is 2.29. The summed E-state index contributed by atoms with van der Waals surface area (Å²) in [6.45, 7) is 0.510. The molecule has 0 bridgehead atoms. The third-order valence-electron chi connectivity index (χ3n) is 5.32. The van der Waals surface area contributed by atoms with E-state index in [0.717, 1.165) is 22.3 Å². The molecule has 3 rings (SSSR count). The molecule has 1 aliphatic rings. The second kappa shape index (κ2) is 9.97. The Hall–Kier alpha value is -3.55. The maximum atomic E-state index is 12.3. The van der Waals surface area contributed by atoms with Gasteiger partial charge in [0.15, 0.2) is 5.96 Å². The summed E-state index contributed by atoms with van der Waals surface area (Å²) in [6.07, 6.45) is -0.0515. The largest absolute Gasteiger partial charge is 0.480 e. The van der Waals surface area contributed by atoms with E-state index in [1.807, 2.05) is 36.4 Å². The molecule has 1 atom stereocenters. The molecule has 1 aliphatic carbocycles. The molecule has 2 aromatic carbocycles. The lowest BCUT2D eigenvalue weighted by molar-refractivity contribution is -0.139. The minimum Gasteiger partial charge on any atom is -0.480 e. The van der Waals surface area contributed by atoms with Crippen molar-refractivity contribution in [2.24, 2.45) is 10.7 Å². The van der Waals surface area contributed by atoms with Gasteiger partial charge in [0.2, 0.25) is 0 Å². The molecule has 8 heteroatoms. The number of amides is 1. The van der Waals surface area contributed by atoms with Crippen LogP contribution in [0.2, 0.25) is 0 Å². The van der Waals surface area contributed by atoms with Crippen molar-refractivity contribution in [2.45, 2.75) is 24.8 Å². The van der Waals surface area contributed by atoms with Gasteiger partial charge in [-0.05, 0) is 35.1 Å². The summed E-state index contributed by atoms with van der Waals surface area (Å²) >= 11 is 0. The molecule has 0 aromatic heterocycles. The number of nitrogens with zero attached hydrogens (tertiary/aromatic N) is 2. The van der Waals surface area contributed by atoms with E-state index in [-0.39, 0.29) is 18.9 Å². The molecule has 1 unspecified atom stereocenters. The first kappa shape index (κ1) is 22.1. The molecule has 0 radical (unpaired) electrons. The van der Waals surface area contributed by atoms with Crippen molar-refractivity contribution >= 4 is 18.0 Å². The zero-order chi connectivity index (χ0) is 22.4. The molecule has 31 heavy (non-hydrogen) atoms. The van der Waals surface area contributed by atoms with E-state index >= 15 is 0 Å². The molecule has 0 saturated heterocycles. The number of fused-ring (bicyclic) bond motifs is 3. The maximum Gasteiger partial charge on any atom is 0.407 e. The van der Waals surface area contributed by atoms with E-state index in [9.17, 15) is 14.7 Å². The number of nitrogens with one attached hydrogen (secondary N) is 1. The summed E-state index contributed by atoms with van der Waals surface area (Å²) < 4.78 is 5.43. The Balaban J connectivity index is 1.56. The van der Waals surface area contributed by atoms with Crippen molar-refractivity contribution in [1.29, 1.82) is 0 Å². The number of carbonyl (C=O) groups is 2. The van der Waals surface area contributed by atoms with Crippen molar-refractivity contribution in [3.05, 3.63) is 59.7 Å². The van der Waals surface area contributed by atoms with Crippen LogP contribution >= 0.6 is 0 Å². The number of rotatable bonds is 8. The molecule has 2 aromatic rings. The minimum absolute atomic E-state index is 0.0789. The van der Waals surface area contributed by atoms with E-state index < -0.39 is 18.1 Å². The van der Waals surface area contributed by atoms with Crippen molar-refractivity contribution < 1.29 is 19.4 Å². The van der Waals surface area contributed by atoms with E-state index in [0.29, 0.717) is 18.9 Å². The average molecular weight is 425 g/mol. The van der Waals surface area contributed by atoms with E-state index in [2.05, 4.69) is 22.4 Å². The lowest BCUT2D eigenvalue weighted by Crippen LogP contribution is -2.41. The van der Waals surface area contributed by atoms with Crippen LogP contribution < -0.4 is 11.1 Å². The van der Waals surface area contributed by atoms with Crippen LogP contribution in [-0.4, -0.2) is 61.3 Å². The van der Waals surface area contributed by atoms with Crippen LogP contribution in [0.15, 0.2) is 53.5 Å². The third kappa shape index (κ3) is 5.33. The Bertz CT molecular complexity index is 928. The molecule has 0 aliphatic heterocycles. The van der Waals surface area contributed by atoms with E-state index in [4.69, 9.17) is 10.5 Å². The van der Waals surface area contributed by atoms with Crippen molar-refractivity contribution in [1.82, 2.24) is 10.2 Å². The van der Waals surface area contributed by atoms with Crippen LogP contribution in [0.1, 0.15) is 29.9 Å². The van der Waals surface area contributed by atoms with E-state index in [1.165, 1.54) is 0 Å². The fourth-order valence-electron chi connectivity index (χ4n) is 3.67. The number of hydrogen-bond acceptors (Lipinski definition) is 4. The summed E-state index contributed by atoms with van der Waals surface area (Å²) in [4.78, 5) is 29.7. The van der Waals surface area contributed by atoms with Crippen molar-refractivity contribution in [3.63, 3.8) is 0 Å². The van der Waals surface area contributed by atoms with Gasteiger partial charge in [0.1, 0.15) is 12.6 Å². The number of carboxylic acids is 1. The fraction of sp³-hybridized carbons (Fsp3) is 0.348. The van der Waals surface area contributed by atoms with Gasteiger partial charge in [-0.15, -0.1) is 0 Å². The molecule has 164 valence electrons. The number of hydrogen-bond donors (Lipinski definition) is 3. The SMILES string of the molecule is CN(C)C(N)=NCCCC(NC(=O)OCC1c2ccccc2-c2ccccc21)C(=O)O. The number of aliphatic imine (C=N–C) groups is 1. The molecule has 4 N–H and O–H groups in total. The number of ether oxygens (including phenoxy) is 1. The van der Waals surface area contributed by atoms with Gasteiger partial charge in [0.25, 0.3) is 0 Å². The number of benzene rings is 2. The first-order chi connectivity index (χ1) is 14.9. The van der Waals surface area contributed by atoms with Gasteiger partial charge < -0.3 is 25.8 Å². The first-order valence-electron chi connectivity index (χ1n) is 10.2. The Kier molecular flexibility index (Phi) is 7.12. The Morgan fingerprint density at radius 2 is 1.71 bits per heavy atom. The smallest absolute Gasteiger partial charge is 0.407 e. The van der Waals surface area contributed by atoms with Gasteiger partial charge in [-0.3, -0.25) is 4.99 Å². The lowest BCUT2D eigenvalue weighted by atomic mass is 9.98. The zero-order valence-electron chi connectivity index (χ0n) is 17.7. The average Bonchev–Trinajstić information content (AvgIpc) is 3.07. The van der Waals surface area contributed by atoms with Crippen LogP contribution in [0, 0.1) is 0 Å². The normalized spacial score (nSPS) is 13.8. The second-order valence-electron chi connectivity index (χ2n) is 7.64.